The van der Waals surface area contributed by atoms with Crippen LogP contribution in [-0.2, 0) is 9.59 Å². The SMILES string of the molecule is C[C@]1(O)CC(=O)N[C@@](C)(O)[C@H]1C(N)=O. The molecule has 1 rings (SSSR count). The number of primary amides is 1. The van der Waals surface area contributed by atoms with Crippen LogP contribution in [0.25, 0.3) is 0 Å². The molecular formula is C8H14N2O4. The summed E-state index contributed by atoms with van der Waals surface area (Å²) in [5.41, 5.74) is 1.64. The molecule has 6 heteroatoms. The van der Waals surface area contributed by atoms with E-state index in [4.69, 9.17) is 5.73 Å². The first-order chi connectivity index (χ1) is 6.17. The lowest BCUT2D eigenvalue weighted by atomic mass is 9.75. The second-order valence-electron chi connectivity index (χ2n) is 4.07. The van der Waals surface area contributed by atoms with E-state index in [1.807, 2.05) is 0 Å². The minimum Gasteiger partial charge on any atom is -0.389 e. The Morgan fingerprint density at radius 2 is 2.07 bits per heavy atom. The van der Waals surface area contributed by atoms with Gasteiger partial charge in [0.25, 0.3) is 0 Å². The number of amides is 2. The van der Waals surface area contributed by atoms with Gasteiger partial charge in [0.1, 0.15) is 11.6 Å². The van der Waals surface area contributed by atoms with Crippen LogP contribution in [0.4, 0.5) is 0 Å². The second-order valence-corrected chi connectivity index (χ2v) is 4.07. The van der Waals surface area contributed by atoms with Crippen molar-refractivity contribution in [3.8, 4) is 0 Å². The molecule has 0 saturated carbocycles. The molecule has 0 aromatic heterocycles. The standard InChI is InChI=1S/C8H14N2O4/c1-7(13)3-4(11)10-8(2,14)5(7)6(9)12/h5,13-14H,3H2,1-2H3,(H2,9,12)(H,10,11)/t5-,7-,8-/m0/s1. The number of piperidine rings is 1. The average molecular weight is 202 g/mol. The summed E-state index contributed by atoms with van der Waals surface area (Å²) < 4.78 is 0. The van der Waals surface area contributed by atoms with Crippen molar-refractivity contribution in [2.45, 2.75) is 31.6 Å². The highest BCUT2D eigenvalue weighted by molar-refractivity contribution is 5.86. The van der Waals surface area contributed by atoms with Crippen molar-refractivity contribution in [3.63, 3.8) is 0 Å². The summed E-state index contributed by atoms with van der Waals surface area (Å²) in [6.07, 6.45) is -0.253. The largest absolute Gasteiger partial charge is 0.389 e. The molecule has 5 N–H and O–H groups in total. The quantitative estimate of drug-likeness (QED) is 0.396. The third kappa shape index (κ3) is 1.71. The molecule has 14 heavy (non-hydrogen) atoms. The molecule has 0 aromatic carbocycles. The zero-order chi connectivity index (χ0) is 11.1. The predicted octanol–water partition coefficient (Wildman–Crippen LogP) is -1.93. The Kier molecular flexibility index (Phi) is 2.29. The van der Waals surface area contributed by atoms with E-state index in [0.29, 0.717) is 0 Å². The Morgan fingerprint density at radius 3 is 2.43 bits per heavy atom. The van der Waals surface area contributed by atoms with Crippen LogP contribution >= 0.6 is 0 Å². The highest BCUT2D eigenvalue weighted by Crippen LogP contribution is 2.33. The first-order valence-electron chi connectivity index (χ1n) is 4.22. The number of nitrogens with two attached hydrogens (primary N) is 1. The number of hydrogen-bond donors (Lipinski definition) is 4. The molecule has 0 aliphatic carbocycles. The Hall–Kier alpha value is -1.14. The van der Waals surface area contributed by atoms with E-state index in [2.05, 4.69) is 5.32 Å². The summed E-state index contributed by atoms with van der Waals surface area (Å²) in [4.78, 5) is 22.1. The maximum Gasteiger partial charge on any atom is 0.228 e. The number of hydrogen-bond acceptors (Lipinski definition) is 4. The first kappa shape index (κ1) is 10.9. The van der Waals surface area contributed by atoms with Gasteiger partial charge in [0.05, 0.1) is 12.0 Å². The Bertz CT molecular complexity index is 265. The van der Waals surface area contributed by atoms with Gasteiger partial charge < -0.3 is 21.3 Å². The van der Waals surface area contributed by atoms with Gasteiger partial charge in [-0.3, -0.25) is 9.59 Å². The predicted molar refractivity (Wildman–Crippen MR) is 46.7 cm³/mol. The van der Waals surface area contributed by atoms with E-state index in [9.17, 15) is 19.8 Å². The van der Waals surface area contributed by atoms with E-state index in [0.717, 1.165) is 0 Å². The second kappa shape index (κ2) is 2.93. The van der Waals surface area contributed by atoms with E-state index in [1.165, 1.54) is 13.8 Å². The van der Waals surface area contributed by atoms with E-state index in [-0.39, 0.29) is 6.42 Å². The number of nitrogens with one attached hydrogen (secondary N) is 1. The Labute approximate surface area is 81.1 Å². The van der Waals surface area contributed by atoms with Gasteiger partial charge in [-0.25, -0.2) is 0 Å². The van der Waals surface area contributed by atoms with Gasteiger partial charge in [-0.05, 0) is 13.8 Å². The fourth-order valence-electron chi connectivity index (χ4n) is 2.01. The Morgan fingerprint density at radius 1 is 1.57 bits per heavy atom. The highest BCUT2D eigenvalue weighted by Gasteiger charge is 2.53. The van der Waals surface area contributed by atoms with Crippen LogP contribution in [-0.4, -0.2) is 33.4 Å². The van der Waals surface area contributed by atoms with Gasteiger partial charge in [-0.2, -0.15) is 0 Å². The molecular weight excluding hydrogens is 188 g/mol. The lowest BCUT2D eigenvalue weighted by molar-refractivity contribution is -0.177. The van der Waals surface area contributed by atoms with Gasteiger partial charge in [-0.15, -0.1) is 0 Å². The summed E-state index contributed by atoms with van der Waals surface area (Å²) in [6, 6.07) is 0. The van der Waals surface area contributed by atoms with Crippen LogP contribution in [0.15, 0.2) is 0 Å². The summed E-state index contributed by atoms with van der Waals surface area (Å²) in [7, 11) is 0. The van der Waals surface area contributed by atoms with Gasteiger partial charge >= 0.3 is 0 Å². The topological polar surface area (TPSA) is 113 Å². The molecule has 1 heterocycles. The maximum atomic E-state index is 11.1. The van der Waals surface area contributed by atoms with Crippen molar-refractivity contribution < 1.29 is 19.8 Å². The highest BCUT2D eigenvalue weighted by atomic mass is 16.3. The van der Waals surface area contributed by atoms with Gasteiger partial charge in [0.2, 0.25) is 11.8 Å². The molecule has 3 atom stereocenters. The van der Waals surface area contributed by atoms with Crippen LogP contribution in [0.2, 0.25) is 0 Å². The zero-order valence-electron chi connectivity index (χ0n) is 8.07. The number of carbonyl (C=O) groups is 2. The van der Waals surface area contributed by atoms with Crippen LogP contribution in [0.5, 0.6) is 0 Å². The van der Waals surface area contributed by atoms with Crippen molar-refractivity contribution in [2.75, 3.05) is 0 Å². The van der Waals surface area contributed by atoms with E-state index >= 15 is 0 Å². The molecule has 2 amide bonds. The molecule has 0 unspecified atom stereocenters. The van der Waals surface area contributed by atoms with E-state index < -0.39 is 29.1 Å². The smallest absolute Gasteiger partial charge is 0.228 e. The number of aliphatic hydroxyl groups is 2. The molecule has 1 aliphatic heterocycles. The summed E-state index contributed by atoms with van der Waals surface area (Å²) in [5.74, 6) is -2.58. The summed E-state index contributed by atoms with van der Waals surface area (Å²) in [6.45, 7) is 2.53. The van der Waals surface area contributed by atoms with Gasteiger partial charge in [-0.1, -0.05) is 0 Å². The molecule has 0 bridgehead atoms. The molecule has 0 radical (unpaired) electrons. The molecule has 6 nitrogen and oxygen atoms in total. The van der Waals surface area contributed by atoms with Gasteiger partial charge in [0.15, 0.2) is 0 Å². The normalized spacial score (nSPS) is 43.1. The Balaban J connectivity index is 3.09. The molecule has 80 valence electrons. The fourth-order valence-corrected chi connectivity index (χ4v) is 2.01. The summed E-state index contributed by atoms with van der Waals surface area (Å²) >= 11 is 0. The third-order valence-electron chi connectivity index (χ3n) is 2.38. The first-order valence-corrected chi connectivity index (χ1v) is 4.22. The average Bonchev–Trinajstić information content (AvgIpc) is 1.75. The van der Waals surface area contributed by atoms with Crippen molar-refractivity contribution >= 4 is 11.8 Å². The van der Waals surface area contributed by atoms with Crippen LogP contribution in [0.3, 0.4) is 0 Å². The maximum absolute atomic E-state index is 11.1. The minimum absolute atomic E-state index is 0.253. The molecule has 1 aliphatic rings. The van der Waals surface area contributed by atoms with Crippen LogP contribution in [0, 0.1) is 5.92 Å². The lowest BCUT2D eigenvalue weighted by Crippen LogP contribution is -2.67. The molecule has 1 saturated heterocycles. The van der Waals surface area contributed by atoms with Crippen molar-refractivity contribution in [3.05, 3.63) is 0 Å². The van der Waals surface area contributed by atoms with Crippen LogP contribution in [0.1, 0.15) is 20.3 Å². The third-order valence-corrected chi connectivity index (χ3v) is 2.38. The van der Waals surface area contributed by atoms with E-state index in [1.54, 1.807) is 0 Å². The summed E-state index contributed by atoms with van der Waals surface area (Å²) in [5, 5.41) is 21.7. The zero-order valence-corrected chi connectivity index (χ0v) is 8.07. The monoisotopic (exact) mass is 202 g/mol. The van der Waals surface area contributed by atoms with Crippen molar-refractivity contribution in [2.24, 2.45) is 11.7 Å². The molecule has 0 aromatic rings. The van der Waals surface area contributed by atoms with Crippen molar-refractivity contribution in [1.29, 1.82) is 0 Å². The molecule has 1 fully saturated rings. The number of carbonyl (C=O) groups excluding carboxylic acids is 2. The van der Waals surface area contributed by atoms with Crippen molar-refractivity contribution in [1.82, 2.24) is 5.32 Å². The fraction of sp³-hybridized carbons (Fsp3) is 0.750. The lowest BCUT2D eigenvalue weighted by Gasteiger charge is -2.44. The van der Waals surface area contributed by atoms with Gasteiger partial charge in [0, 0.05) is 0 Å². The molecule has 0 spiro atoms. The minimum atomic E-state index is -1.80. The number of rotatable bonds is 1. The van der Waals surface area contributed by atoms with Crippen LogP contribution < -0.4 is 11.1 Å².